The highest BCUT2D eigenvalue weighted by Crippen LogP contribution is 2.40. The van der Waals surface area contributed by atoms with Crippen molar-refractivity contribution in [2.45, 2.75) is 76.1 Å². The smallest absolute Gasteiger partial charge is 0.348 e. The molecule has 2 amide bonds. The van der Waals surface area contributed by atoms with Crippen LogP contribution in [0.1, 0.15) is 33.3 Å². The van der Waals surface area contributed by atoms with Crippen LogP contribution in [0.3, 0.4) is 0 Å². The number of amides is 2. The first-order valence-electron chi connectivity index (χ1n) is 9.91. The van der Waals surface area contributed by atoms with Crippen molar-refractivity contribution in [3.8, 4) is 0 Å². The van der Waals surface area contributed by atoms with E-state index >= 15 is 0 Å². The summed E-state index contributed by atoms with van der Waals surface area (Å²) >= 11 is 0. The van der Waals surface area contributed by atoms with Gasteiger partial charge in [-0.05, 0) is 52.0 Å². The number of hydrogen-bond donors (Lipinski definition) is 2. The number of nitrogens with one attached hydrogen (secondary N) is 2. The van der Waals surface area contributed by atoms with Gasteiger partial charge in [-0.25, -0.2) is 4.79 Å². The number of anilines is 1. The monoisotopic (exact) mass is 446 g/mol. The Labute approximate surface area is 177 Å². The molecule has 0 saturated carbocycles. The van der Waals surface area contributed by atoms with Crippen LogP contribution in [0, 0.1) is 0 Å². The van der Waals surface area contributed by atoms with Gasteiger partial charge in [-0.2, -0.15) is 13.2 Å². The van der Waals surface area contributed by atoms with E-state index in [4.69, 9.17) is 23.7 Å². The number of alkyl halides is 3. The Hall–Kier alpha value is -1.92. The summed E-state index contributed by atoms with van der Waals surface area (Å²) in [6, 6.07) is 2.91. The molecule has 3 aliphatic heterocycles. The molecule has 2 N–H and O–H groups in total. The summed E-state index contributed by atoms with van der Waals surface area (Å²) in [6.07, 6.45) is -6.82. The van der Waals surface area contributed by atoms with Gasteiger partial charge in [0.15, 0.2) is 17.9 Å². The third-order valence-corrected chi connectivity index (χ3v) is 5.25. The Kier molecular flexibility index (Phi) is 5.46. The van der Waals surface area contributed by atoms with E-state index in [1.165, 1.54) is 12.1 Å². The second-order valence-electron chi connectivity index (χ2n) is 8.64. The van der Waals surface area contributed by atoms with Crippen molar-refractivity contribution in [2.75, 3.05) is 11.9 Å². The van der Waals surface area contributed by atoms with E-state index in [1.54, 1.807) is 27.7 Å². The van der Waals surface area contributed by atoms with Crippen LogP contribution in [0.4, 0.5) is 23.7 Å². The molecule has 0 aliphatic carbocycles. The highest BCUT2D eigenvalue weighted by Gasteiger charge is 2.58. The summed E-state index contributed by atoms with van der Waals surface area (Å²) < 4.78 is 67.4. The fraction of sp³-hybridized carbons (Fsp3) is 0.650. The molecule has 3 fully saturated rings. The van der Waals surface area contributed by atoms with Crippen LogP contribution >= 0.6 is 0 Å². The van der Waals surface area contributed by atoms with Crippen molar-refractivity contribution in [2.24, 2.45) is 0 Å². The van der Waals surface area contributed by atoms with Crippen molar-refractivity contribution in [1.82, 2.24) is 5.32 Å². The number of hydrogen-bond acceptors (Lipinski definition) is 6. The number of fused-ring (bicyclic) bond motifs is 1. The predicted molar refractivity (Wildman–Crippen MR) is 101 cm³/mol. The normalized spacial score (nSPS) is 33.8. The predicted octanol–water partition coefficient (Wildman–Crippen LogP) is 3.22. The lowest BCUT2D eigenvalue weighted by atomic mass is 10.0. The van der Waals surface area contributed by atoms with Gasteiger partial charge in [0.25, 0.3) is 0 Å². The van der Waals surface area contributed by atoms with Crippen LogP contribution in [-0.2, 0) is 29.9 Å². The second-order valence-corrected chi connectivity index (χ2v) is 8.64. The largest absolute Gasteiger partial charge is 0.416 e. The molecule has 3 heterocycles. The minimum absolute atomic E-state index is 0.211. The Bertz CT molecular complexity index is 829. The van der Waals surface area contributed by atoms with E-state index in [2.05, 4.69) is 10.6 Å². The maximum Gasteiger partial charge on any atom is 0.416 e. The number of carbonyl (C=O) groups is 1. The highest BCUT2D eigenvalue weighted by atomic mass is 19.4. The highest BCUT2D eigenvalue weighted by molar-refractivity contribution is 5.89. The quantitative estimate of drug-likeness (QED) is 0.742. The van der Waals surface area contributed by atoms with E-state index in [-0.39, 0.29) is 12.3 Å². The Morgan fingerprint density at radius 2 is 1.68 bits per heavy atom. The lowest BCUT2D eigenvalue weighted by molar-refractivity contribution is -0.223. The molecule has 5 atom stereocenters. The molecule has 11 heteroatoms. The molecule has 31 heavy (non-hydrogen) atoms. The van der Waals surface area contributed by atoms with Crippen LogP contribution in [0.15, 0.2) is 24.3 Å². The van der Waals surface area contributed by atoms with Crippen molar-refractivity contribution >= 4 is 11.7 Å². The van der Waals surface area contributed by atoms with Crippen LogP contribution in [0.5, 0.6) is 0 Å². The number of carbonyl (C=O) groups excluding carboxylic acids is 1. The first-order chi connectivity index (χ1) is 14.3. The van der Waals surface area contributed by atoms with E-state index in [9.17, 15) is 18.0 Å². The lowest BCUT2D eigenvalue weighted by Crippen LogP contribution is -2.53. The van der Waals surface area contributed by atoms with E-state index in [1.807, 2.05) is 0 Å². The van der Waals surface area contributed by atoms with Crippen molar-refractivity contribution in [3.05, 3.63) is 29.8 Å². The molecule has 0 aromatic heterocycles. The number of ether oxygens (including phenoxy) is 5. The van der Waals surface area contributed by atoms with Crippen LogP contribution in [0.25, 0.3) is 0 Å². The minimum Gasteiger partial charge on any atom is -0.348 e. The average Bonchev–Trinajstić information content (AvgIpc) is 3.25. The van der Waals surface area contributed by atoms with Gasteiger partial charge in [-0.3, -0.25) is 0 Å². The summed E-state index contributed by atoms with van der Waals surface area (Å²) in [6.45, 7) is 7.29. The molecule has 3 saturated heterocycles. The summed E-state index contributed by atoms with van der Waals surface area (Å²) in [4.78, 5) is 12.6. The zero-order valence-electron chi connectivity index (χ0n) is 17.5. The van der Waals surface area contributed by atoms with E-state index in [0.29, 0.717) is 0 Å². The molecule has 0 bridgehead atoms. The van der Waals surface area contributed by atoms with Crippen molar-refractivity contribution in [1.29, 1.82) is 0 Å². The maximum atomic E-state index is 12.7. The number of rotatable bonds is 3. The fourth-order valence-corrected chi connectivity index (χ4v) is 3.95. The molecule has 3 aliphatic rings. The fourth-order valence-electron chi connectivity index (χ4n) is 3.95. The Morgan fingerprint density at radius 1 is 1.00 bits per heavy atom. The zero-order chi connectivity index (χ0) is 22.6. The molecule has 1 aromatic rings. The van der Waals surface area contributed by atoms with Gasteiger partial charge in [0.2, 0.25) is 0 Å². The van der Waals surface area contributed by atoms with Crippen LogP contribution in [-0.4, -0.2) is 54.9 Å². The van der Waals surface area contributed by atoms with E-state index < -0.39 is 60.0 Å². The minimum atomic E-state index is -4.45. The second kappa shape index (κ2) is 7.59. The first kappa shape index (κ1) is 22.3. The summed E-state index contributed by atoms with van der Waals surface area (Å²) in [5, 5.41) is 5.33. The first-order valence-corrected chi connectivity index (χ1v) is 9.91. The van der Waals surface area contributed by atoms with Gasteiger partial charge in [-0.15, -0.1) is 0 Å². The maximum absolute atomic E-state index is 12.7. The number of urea groups is 1. The van der Waals surface area contributed by atoms with Crippen molar-refractivity contribution < 1.29 is 41.7 Å². The standard InChI is InChI=1S/C20H25F3N2O6/c1-18(2)27-9-12(29-18)14-13(15-16(28-14)31-19(3,4)30-15)25-17(26)24-11-7-5-10(6-8-11)20(21,22)23/h5-8,12-16H,9H2,1-4H3,(H2,24,25,26)/t12-,13-,14-,15-,16-/m1/s1. The molecule has 172 valence electrons. The summed E-state index contributed by atoms with van der Waals surface area (Å²) in [7, 11) is 0. The van der Waals surface area contributed by atoms with Gasteiger partial charge in [0.1, 0.15) is 18.3 Å². The molecule has 0 radical (unpaired) electrons. The van der Waals surface area contributed by atoms with E-state index in [0.717, 1.165) is 12.1 Å². The zero-order valence-corrected chi connectivity index (χ0v) is 17.5. The van der Waals surface area contributed by atoms with Gasteiger partial charge in [-0.1, -0.05) is 0 Å². The third kappa shape index (κ3) is 4.80. The SMILES string of the molecule is CC1(C)O[C@H]2O[C@H]([C@H]3COC(C)(C)O3)[C@@H](NC(=O)Nc3ccc(C(F)(F)F)cc3)[C@H]2O1. The Balaban J connectivity index is 1.46. The van der Waals surface area contributed by atoms with Gasteiger partial charge in [0, 0.05) is 5.69 Å². The Morgan fingerprint density at radius 3 is 2.26 bits per heavy atom. The molecule has 0 unspecified atom stereocenters. The molecular weight excluding hydrogens is 421 g/mol. The van der Waals surface area contributed by atoms with Gasteiger partial charge >= 0.3 is 12.2 Å². The topological polar surface area (TPSA) is 87.3 Å². The average molecular weight is 446 g/mol. The number of halogens is 3. The van der Waals surface area contributed by atoms with Crippen molar-refractivity contribution in [3.63, 3.8) is 0 Å². The molecule has 4 rings (SSSR count). The molecule has 8 nitrogen and oxygen atoms in total. The van der Waals surface area contributed by atoms with Crippen LogP contribution < -0.4 is 10.6 Å². The summed E-state index contributed by atoms with van der Waals surface area (Å²) in [5.74, 6) is -1.68. The van der Waals surface area contributed by atoms with Crippen LogP contribution in [0.2, 0.25) is 0 Å². The molecule has 1 aromatic carbocycles. The molecule has 0 spiro atoms. The number of benzene rings is 1. The summed E-state index contributed by atoms with van der Waals surface area (Å²) in [5.41, 5.74) is -0.590. The lowest BCUT2D eigenvalue weighted by Gasteiger charge is -2.29. The van der Waals surface area contributed by atoms with Gasteiger partial charge < -0.3 is 34.3 Å². The molecular formula is C20H25F3N2O6. The third-order valence-electron chi connectivity index (χ3n) is 5.25. The van der Waals surface area contributed by atoms with Gasteiger partial charge in [0.05, 0.1) is 18.2 Å².